The first kappa shape index (κ1) is 22.7. The summed E-state index contributed by atoms with van der Waals surface area (Å²) in [5, 5.41) is 3.48. The molecule has 0 spiro atoms. The summed E-state index contributed by atoms with van der Waals surface area (Å²) in [5.74, 6) is 1.62. The van der Waals surface area contributed by atoms with E-state index in [-0.39, 0.29) is 5.91 Å². The summed E-state index contributed by atoms with van der Waals surface area (Å²) in [6, 6.07) is 18.5. The van der Waals surface area contributed by atoms with E-state index in [0.717, 1.165) is 28.0 Å². The van der Waals surface area contributed by atoms with Gasteiger partial charge in [-0.15, -0.1) is 0 Å². The first-order valence-corrected chi connectivity index (χ1v) is 11.2. The van der Waals surface area contributed by atoms with Gasteiger partial charge in [0.25, 0.3) is 5.91 Å². The van der Waals surface area contributed by atoms with Gasteiger partial charge in [0, 0.05) is 36.6 Å². The zero-order valence-electron chi connectivity index (χ0n) is 19.1. The number of anilines is 2. The third-order valence-corrected chi connectivity index (χ3v) is 5.49. The summed E-state index contributed by atoms with van der Waals surface area (Å²) in [6.07, 6.45) is 0. The average Bonchev–Trinajstić information content (AvgIpc) is 3.22. The number of rotatable bonds is 7. The Labute approximate surface area is 198 Å². The van der Waals surface area contributed by atoms with Crippen molar-refractivity contribution >= 4 is 39.9 Å². The van der Waals surface area contributed by atoms with Crippen molar-refractivity contribution in [3.8, 4) is 17.1 Å². The third kappa shape index (κ3) is 5.29. The fourth-order valence-corrected chi connectivity index (χ4v) is 3.56. The highest BCUT2D eigenvalue weighted by molar-refractivity contribution is 6.33. The highest BCUT2D eigenvalue weighted by atomic mass is 35.5. The molecule has 0 aliphatic rings. The Hall–Kier alpha value is -3.51. The van der Waals surface area contributed by atoms with Crippen LogP contribution in [0.2, 0.25) is 5.02 Å². The van der Waals surface area contributed by atoms with Crippen LogP contribution in [0, 0.1) is 5.92 Å². The number of nitrogens with one attached hydrogen (secondary N) is 2. The van der Waals surface area contributed by atoms with Gasteiger partial charge in [0.05, 0.1) is 22.7 Å². The molecule has 0 aliphatic heterocycles. The molecule has 33 heavy (non-hydrogen) atoms. The second-order valence-corrected chi connectivity index (χ2v) is 8.97. The van der Waals surface area contributed by atoms with Gasteiger partial charge in [0.2, 0.25) is 0 Å². The highest BCUT2D eigenvalue weighted by Gasteiger charge is 2.13. The number of hydrogen-bond acceptors (Lipinski definition) is 4. The number of carbonyl (C=O) groups excluding carboxylic acids is 1. The molecule has 7 heteroatoms. The van der Waals surface area contributed by atoms with Crippen molar-refractivity contribution < 1.29 is 9.53 Å². The van der Waals surface area contributed by atoms with Crippen LogP contribution in [0.4, 0.5) is 11.4 Å². The molecule has 2 N–H and O–H groups in total. The second kappa shape index (κ2) is 9.55. The summed E-state index contributed by atoms with van der Waals surface area (Å²) in [4.78, 5) is 22.8. The number of hydrogen-bond donors (Lipinski definition) is 2. The van der Waals surface area contributed by atoms with Crippen molar-refractivity contribution in [3.05, 3.63) is 71.2 Å². The largest absolute Gasteiger partial charge is 0.493 e. The number of nitrogens with zero attached hydrogens (tertiary/aromatic N) is 2. The van der Waals surface area contributed by atoms with Crippen LogP contribution < -0.4 is 15.0 Å². The van der Waals surface area contributed by atoms with E-state index in [0.29, 0.717) is 34.6 Å². The maximum atomic E-state index is 12.8. The van der Waals surface area contributed by atoms with Gasteiger partial charge in [0.1, 0.15) is 11.6 Å². The Kier molecular flexibility index (Phi) is 6.56. The van der Waals surface area contributed by atoms with Crippen molar-refractivity contribution in [2.45, 2.75) is 13.8 Å². The summed E-state index contributed by atoms with van der Waals surface area (Å²) in [7, 11) is 3.99. The topological polar surface area (TPSA) is 70.2 Å². The normalized spacial score (nSPS) is 11.1. The van der Waals surface area contributed by atoms with Gasteiger partial charge in [-0.1, -0.05) is 25.4 Å². The van der Waals surface area contributed by atoms with E-state index in [4.69, 9.17) is 16.3 Å². The molecule has 4 aromatic rings. The number of halogens is 1. The zero-order chi connectivity index (χ0) is 23.5. The Morgan fingerprint density at radius 3 is 2.55 bits per heavy atom. The number of amides is 1. The molecule has 0 radical (unpaired) electrons. The lowest BCUT2D eigenvalue weighted by molar-refractivity contribution is 0.102. The Morgan fingerprint density at radius 1 is 1.09 bits per heavy atom. The minimum Gasteiger partial charge on any atom is -0.493 e. The molecule has 6 nitrogen and oxygen atoms in total. The Bertz CT molecular complexity index is 1280. The predicted octanol–water partition coefficient (Wildman–Crippen LogP) is 6.24. The van der Waals surface area contributed by atoms with Crippen molar-refractivity contribution in [1.29, 1.82) is 0 Å². The summed E-state index contributed by atoms with van der Waals surface area (Å²) in [6.45, 7) is 4.82. The first-order valence-electron chi connectivity index (χ1n) is 10.8. The zero-order valence-corrected chi connectivity index (χ0v) is 19.9. The van der Waals surface area contributed by atoms with Crippen LogP contribution >= 0.6 is 11.6 Å². The molecule has 0 saturated carbocycles. The number of aromatic nitrogens is 2. The molecule has 0 bridgehead atoms. The molecule has 0 saturated heterocycles. The molecular weight excluding hydrogens is 436 g/mol. The lowest BCUT2D eigenvalue weighted by Crippen LogP contribution is -2.12. The minimum absolute atomic E-state index is 0.209. The number of H-pyrrole nitrogens is 1. The molecule has 0 unspecified atom stereocenters. The maximum absolute atomic E-state index is 12.8. The number of aromatic amines is 1. The Balaban J connectivity index is 1.54. The van der Waals surface area contributed by atoms with Crippen LogP contribution in [-0.4, -0.2) is 36.6 Å². The van der Waals surface area contributed by atoms with Crippen molar-refractivity contribution in [1.82, 2.24) is 9.97 Å². The average molecular weight is 463 g/mol. The van der Waals surface area contributed by atoms with Crippen molar-refractivity contribution in [3.63, 3.8) is 0 Å². The molecule has 1 amide bonds. The lowest BCUT2D eigenvalue weighted by atomic mass is 10.1. The molecule has 3 aromatic carbocycles. The van der Waals surface area contributed by atoms with E-state index in [1.165, 1.54) is 0 Å². The number of carbonyl (C=O) groups is 1. The van der Waals surface area contributed by atoms with Gasteiger partial charge < -0.3 is 19.9 Å². The van der Waals surface area contributed by atoms with E-state index >= 15 is 0 Å². The number of benzene rings is 3. The highest BCUT2D eigenvalue weighted by Crippen LogP contribution is 2.31. The van der Waals surface area contributed by atoms with E-state index in [2.05, 4.69) is 29.1 Å². The molecule has 170 valence electrons. The van der Waals surface area contributed by atoms with Crippen LogP contribution in [-0.2, 0) is 0 Å². The molecule has 1 heterocycles. The molecule has 0 fully saturated rings. The first-order chi connectivity index (χ1) is 15.8. The third-order valence-electron chi connectivity index (χ3n) is 5.16. The van der Waals surface area contributed by atoms with Gasteiger partial charge in [-0.2, -0.15) is 0 Å². The van der Waals surface area contributed by atoms with Gasteiger partial charge >= 0.3 is 0 Å². The molecule has 0 aliphatic carbocycles. The summed E-state index contributed by atoms with van der Waals surface area (Å²) in [5.41, 5.74) is 4.74. The molecule has 0 atom stereocenters. The van der Waals surface area contributed by atoms with Gasteiger partial charge in [-0.05, 0) is 66.6 Å². The fourth-order valence-electron chi connectivity index (χ4n) is 3.36. The second-order valence-electron chi connectivity index (χ2n) is 8.56. The number of fused-ring (bicyclic) bond motifs is 1. The maximum Gasteiger partial charge on any atom is 0.255 e. The van der Waals surface area contributed by atoms with Crippen LogP contribution in [0.5, 0.6) is 5.75 Å². The summed E-state index contributed by atoms with van der Waals surface area (Å²) < 4.78 is 5.68. The Morgan fingerprint density at radius 2 is 1.85 bits per heavy atom. The number of ether oxygens (including phenoxy) is 1. The summed E-state index contributed by atoms with van der Waals surface area (Å²) >= 11 is 6.47. The van der Waals surface area contributed by atoms with E-state index in [1.54, 1.807) is 36.4 Å². The van der Waals surface area contributed by atoms with Crippen molar-refractivity contribution in [2.24, 2.45) is 5.92 Å². The van der Waals surface area contributed by atoms with Gasteiger partial charge in [-0.3, -0.25) is 4.79 Å². The van der Waals surface area contributed by atoms with Crippen LogP contribution in [0.1, 0.15) is 24.2 Å². The monoisotopic (exact) mass is 462 g/mol. The predicted molar refractivity (Wildman–Crippen MR) is 136 cm³/mol. The van der Waals surface area contributed by atoms with E-state index in [9.17, 15) is 4.79 Å². The molecule has 4 rings (SSSR count). The van der Waals surface area contributed by atoms with E-state index in [1.807, 2.05) is 43.3 Å². The van der Waals surface area contributed by atoms with Crippen LogP contribution in [0.3, 0.4) is 0 Å². The smallest absolute Gasteiger partial charge is 0.255 e. The standard InChI is InChI=1S/C26H27ClN4O2/c1-16(2)15-33-20-9-5-17(6-10-20)26(32)28-18-7-11-22(27)21(13-18)25-29-23-12-8-19(31(3)4)14-24(23)30-25/h5-14,16H,15H2,1-4H3,(H,28,32)(H,29,30). The van der Waals surface area contributed by atoms with Gasteiger partial charge in [-0.25, -0.2) is 4.98 Å². The van der Waals surface area contributed by atoms with Crippen LogP contribution in [0.15, 0.2) is 60.7 Å². The van der Waals surface area contributed by atoms with Crippen molar-refractivity contribution in [2.75, 3.05) is 30.9 Å². The van der Waals surface area contributed by atoms with Gasteiger partial charge in [0.15, 0.2) is 0 Å². The lowest BCUT2D eigenvalue weighted by Gasteiger charge is -2.11. The SMILES string of the molecule is CC(C)COc1ccc(C(=O)Nc2ccc(Cl)c(-c3nc4ccc(N(C)C)cc4[nH]3)c2)cc1. The van der Waals surface area contributed by atoms with Crippen LogP contribution in [0.25, 0.3) is 22.4 Å². The molecule has 1 aromatic heterocycles. The quantitative estimate of drug-likeness (QED) is 0.341. The fraction of sp³-hybridized carbons (Fsp3) is 0.231. The van der Waals surface area contributed by atoms with E-state index < -0.39 is 0 Å². The number of imidazole rings is 1. The minimum atomic E-state index is -0.209. The molecular formula is C26H27ClN4O2.